The molecule has 26 heavy (non-hydrogen) atoms. The normalized spacial score (nSPS) is 15.7. The van der Waals surface area contributed by atoms with Crippen LogP contribution in [0, 0.1) is 0 Å². The second-order valence-corrected chi connectivity index (χ2v) is 7.53. The fourth-order valence-corrected chi connectivity index (χ4v) is 3.48. The lowest BCUT2D eigenvalue weighted by Gasteiger charge is -2.31. The zero-order valence-corrected chi connectivity index (χ0v) is 16.9. The molecule has 0 radical (unpaired) electrons. The quantitative estimate of drug-likeness (QED) is 0.627. The molecule has 0 saturated carbocycles. The first-order valence-electron chi connectivity index (χ1n) is 8.92. The van der Waals surface area contributed by atoms with Crippen LogP contribution in [0.3, 0.4) is 0 Å². The molecule has 144 valence electrons. The summed E-state index contributed by atoms with van der Waals surface area (Å²) >= 11 is 12.0. The van der Waals surface area contributed by atoms with E-state index in [1.54, 1.807) is 17.0 Å². The Kier molecular flexibility index (Phi) is 8.19. The van der Waals surface area contributed by atoms with Crippen molar-refractivity contribution in [2.24, 2.45) is 0 Å². The smallest absolute Gasteiger partial charge is 0.302 e. The van der Waals surface area contributed by atoms with Crippen molar-refractivity contribution in [3.05, 3.63) is 33.8 Å². The molecule has 0 N–H and O–H groups in total. The highest BCUT2D eigenvalue weighted by atomic mass is 35.5. The van der Waals surface area contributed by atoms with E-state index in [1.807, 2.05) is 13.1 Å². The molecule has 1 aromatic carbocycles. The maximum Gasteiger partial charge on any atom is 0.302 e. The lowest BCUT2D eigenvalue weighted by Crippen LogP contribution is -2.45. The summed E-state index contributed by atoms with van der Waals surface area (Å²) in [6, 6.07) is 5.25. The van der Waals surface area contributed by atoms with Crippen LogP contribution in [-0.2, 0) is 20.7 Å². The van der Waals surface area contributed by atoms with Gasteiger partial charge in [-0.05, 0) is 43.6 Å². The Hall–Kier alpha value is -1.30. The van der Waals surface area contributed by atoms with Crippen molar-refractivity contribution in [1.29, 1.82) is 0 Å². The summed E-state index contributed by atoms with van der Waals surface area (Å²) in [4.78, 5) is 27.9. The summed E-state index contributed by atoms with van der Waals surface area (Å²) in [5.74, 6) is -0.287. The van der Waals surface area contributed by atoms with Crippen LogP contribution in [0.15, 0.2) is 18.2 Å². The van der Waals surface area contributed by atoms with Crippen molar-refractivity contribution in [3.63, 3.8) is 0 Å². The van der Waals surface area contributed by atoms with Gasteiger partial charge in [-0.25, -0.2) is 0 Å². The van der Waals surface area contributed by atoms with Crippen LogP contribution in [0.1, 0.15) is 31.7 Å². The van der Waals surface area contributed by atoms with E-state index in [-0.39, 0.29) is 24.3 Å². The number of hydrogen-bond acceptors (Lipinski definition) is 4. The van der Waals surface area contributed by atoms with Crippen LogP contribution in [0.2, 0.25) is 10.0 Å². The number of amides is 1. The maximum absolute atomic E-state index is 12.7. The van der Waals surface area contributed by atoms with E-state index in [4.69, 9.17) is 27.9 Å². The standard InChI is InChI=1S/C19H26Cl2N2O3/c1-14(24)26-10-7-16(13-23-8-3-4-9-23)22(2)19(25)12-15-5-6-17(20)18(21)11-15/h5-6,11,16H,3-4,7-10,12-13H2,1-2H3/t16-/m0/s1. The van der Waals surface area contributed by atoms with Crippen LogP contribution < -0.4 is 0 Å². The predicted molar refractivity (Wildman–Crippen MR) is 104 cm³/mol. The number of benzene rings is 1. The van der Waals surface area contributed by atoms with Gasteiger partial charge >= 0.3 is 5.97 Å². The van der Waals surface area contributed by atoms with Crippen LogP contribution in [0.4, 0.5) is 0 Å². The first kappa shape index (κ1) is 21.0. The van der Waals surface area contributed by atoms with E-state index in [0.717, 1.165) is 25.2 Å². The number of likely N-dealkylation sites (tertiary alicyclic amines) is 1. The van der Waals surface area contributed by atoms with E-state index in [1.165, 1.54) is 19.8 Å². The second-order valence-electron chi connectivity index (χ2n) is 6.72. The van der Waals surface area contributed by atoms with E-state index in [9.17, 15) is 9.59 Å². The minimum Gasteiger partial charge on any atom is -0.466 e. The fourth-order valence-electron chi connectivity index (χ4n) is 3.16. The van der Waals surface area contributed by atoms with Gasteiger partial charge in [0.05, 0.1) is 23.1 Å². The number of esters is 1. The largest absolute Gasteiger partial charge is 0.466 e. The number of carbonyl (C=O) groups is 2. The molecule has 1 aliphatic rings. The molecule has 7 heteroatoms. The van der Waals surface area contributed by atoms with Crippen molar-refractivity contribution in [2.45, 2.75) is 38.6 Å². The van der Waals surface area contributed by atoms with Gasteiger partial charge in [0.1, 0.15) is 0 Å². The highest BCUT2D eigenvalue weighted by Gasteiger charge is 2.24. The average molecular weight is 401 g/mol. The summed E-state index contributed by atoms with van der Waals surface area (Å²) in [6.45, 7) is 4.62. The Morgan fingerprint density at radius 1 is 1.23 bits per heavy atom. The molecule has 0 spiro atoms. The van der Waals surface area contributed by atoms with Crippen molar-refractivity contribution in [3.8, 4) is 0 Å². The number of carbonyl (C=O) groups excluding carboxylic acids is 2. The summed E-state index contributed by atoms with van der Waals surface area (Å²) in [6.07, 6.45) is 3.27. The third-order valence-corrected chi connectivity index (χ3v) is 5.44. The molecule has 1 heterocycles. The van der Waals surface area contributed by atoms with Gasteiger partial charge in [-0.1, -0.05) is 29.3 Å². The Labute approximate surface area is 165 Å². The van der Waals surface area contributed by atoms with Crippen molar-refractivity contribution in [2.75, 3.05) is 33.3 Å². The van der Waals surface area contributed by atoms with Gasteiger partial charge in [-0.2, -0.15) is 0 Å². The number of halogens is 2. The number of nitrogens with zero attached hydrogens (tertiary/aromatic N) is 2. The lowest BCUT2D eigenvalue weighted by molar-refractivity contribution is -0.141. The molecule has 0 aromatic heterocycles. The Morgan fingerprint density at radius 2 is 1.92 bits per heavy atom. The number of rotatable bonds is 8. The van der Waals surface area contributed by atoms with Crippen molar-refractivity contribution >= 4 is 35.1 Å². The summed E-state index contributed by atoms with van der Waals surface area (Å²) in [7, 11) is 1.81. The molecule has 0 bridgehead atoms. The topological polar surface area (TPSA) is 49.9 Å². The van der Waals surface area contributed by atoms with Gasteiger partial charge in [0.15, 0.2) is 0 Å². The van der Waals surface area contributed by atoms with Gasteiger partial charge in [-0.3, -0.25) is 9.59 Å². The van der Waals surface area contributed by atoms with E-state index in [0.29, 0.717) is 23.1 Å². The summed E-state index contributed by atoms with van der Waals surface area (Å²) in [5, 5.41) is 0.924. The van der Waals surface area contributed by atoms with Crippen molar-refractivity contribution in [1.82, 2.24) is 9.80 Å². The van der Waals surface area contributed by atoms with Gasteiger partial charge in [0.2, 0.25) is 5.91 Å². The lowest BCUT2D eigenvalue weighted by atomic mass is 10.1. The Bertz CT molecular complexity index is 633. The molecule has 5 nitrogen and oxygen atoms in total. The van der Waals surface area contributed by atoms with Gasteiger partial charge < -0.3 is 14.5 Å². The third-order valence-electron chi connectivity index (χ3n) is 4.70. The van der Waals surface area contributed by atoms with Gasteiger partial charge in [0, 0.05) is 33.0 Å². The highest BCUT2D eigenvalue weighted by Crippen LogP contribution is 2.23. The second kappa shape index (κ2) is 10.1. The molecule has 2 rings (SSSR count). The SMILES string of the molecule is CC(=O)OCC[C@@H](CN1CCCC1)N(C)C(=O)Cc1ccc(Cl)c(Cl)c1. The van der Waals surface area contributed by atoms with Gasteiger partial charge in [0.25, 0.3) is 0 Å². The van der Waals surface area contributed by atoms with Crippen molar-refractivity contribution < 1.29 is 14.3 Å². The molecular formula is C19H26Cl2N2O3. The molecular weight excluding hydrogens is 375 g/mol. The van der Waals surface area contributed by atoms with Gasteiger partial charge in [-0.15, -0.1) is 0 Å². The molecule has 1 aliphatic heterocycles. The molecule has 1 aromatic rings. The van der Waals surface area contributed by atoms with Crippen LogP contribution in [0.25, 0.3) is 0 Å². The fraction of sp³-hybridized carbons (Fsp3) is 0.579. The first-order chi connectivity index (χ1) is 12.4. The molecule has 1 fully saturated rings. The van der Waals surface area contributed by atoms with Crippen LogP contribution in [-0.4, -0.2) is 61.0 Å². The molecule has 0 aliphatic carbocycles. The summed E-state index contributed by atoms with van der Waals surface area (Å²) in [5.41, 5.74) is 0.830. The highest BCUT2D eigenvalue weighted by molar-refractivity contribution is 6.42. The Morgan fingerprint density at radius 3 is 2.54 bits per heavy atom. The number of ether oxygens (including phenoxy) is 1. The minimum atomic E-state index is -0.297. The third kappa shape index (κ3) is 6.45. The first-order valence-corrected chi connectivity index (χ1v) is 9.67. The average Bonchev–Trinajstić information content (AvgIpc) is 3.09. The van der Waals surface area contributed by atoms with E-state index in [2.05, 4.69) is 4.90 Å². The molecule has 1 saturated heterocycles. The van der Waals surface area contributed by atoms with Crippen LogP contribution >= 0.6 is 23.2 Å². The number of likely N-dealkylation sites (N-methyl/N-ethyl adjacent to an activating group) is 1. The maximum atomic E-state index is 12.7. The Balaban J connectivity index is 1.99. The van der Waals surface area contributed by atoms with Crippen LogP contribution in [0.5, 0.6) is 0 Å². The zero-order valence-electron chi connectivity index (χ0n) is 15.3. The minimum absolute atomic E-state index is 0.00252. The van der Waals surface area contributed by atoms with E-state index < -0.39 is 0 Å². The monoisotopic (exact) mass is 400 g/mol. The molecule has 0 unspecified atom stereocenters. The molecule has 1 atom stereocenters. The zero-order chi connectivity index (χ0) is 19.1. The number of hydrogen-bond donors (Lipinski definition) is 0. The summed E-state index contributed by atoms with van der Waals surface area (Å²) < 4.78 is 5.09. The predicted octanol–water partition coefficient (Wildman–Crippen LogP) is 3.41. The molecule has 1 amide bonds. The van der Waals surface area contributed by atoms with E-state index >= 15 is 0 Å².